The first-order chi connectivity index (χ1) is 11.6. The molecular weight excluding hydrogens is 348 g/mol. The maximum absolute atomic E-state index is 11.9. The average Bonchev–Trinajstić information content (AvgIpc) is 2.52. The summed E-state index contributed by atoms with van der Waals surface area (Å²) < 4.78 is 0.126. The highest BCUT2D eigenvalue weighted by molar-refractivity contribution is 8.00. The van der Waals surface area contributed by atoms with Crippen LogP contribution in [0.2, 0.25) is 0 Å². The number of quaternary nitrogens is 1. The van der Waals surface area contributed by atoms with Crippen LogP contribution < -0.4 is 11.5 Å². The Morgan fingerprint density at radius 1 is 1.48 bits per heavy atom. The van der Waals surface area contributed by atoms with Crippen molar-refractivity contribution in [2.75, 3.05) is 33.0 Å². The molecule has 2 aliphatic heterocycles. The molecule has 0 spiro atoms. The van der Waals surface area contributed by atoms with E-state index in [1.54, 1.807) is 26.2 Å². The number of likely N-dealkylation sites (N-methyl/N-ethyl adjacent to an activating group) is 1. The van der Waals surface area contributed by atoms with Crippen LogP contribution >= 0.6 is 11.8 Å². The molecule has 3 atom stereocenters. The number of hydrogen-bond acceptors (Lipinski definition) is 6. The summed E-state index contributed by atoms with van der Waals surface area (Å²) in [7, 11) is 3.48. The van der Waals surface area contributed by atoms with E-state index in [2.05, 4.69) is 0 Å². The molecule has 0 aliphatic carbocycles. The van der Waals surface area contributed by atoms with Crippen LogP contribution in [0, 0.1) is 0 Å². The Morgan fingerprint density at radius 3 is 2.64 bits per heavy atom. The molecular formula is C15H23N4O5S+. The summed E-state index contributed by atoms with van der Waals surface area (Å²) in [6.07, 6.45) is 3.36. The van der Waals surface area contributed by atoms with Crippen molar-refractivity contribution in [1.82, 2.24) is 4.90 Å². The van der Waals surface area contributed by atoms with Gasteiger partial charge in [0.05, 0.1) is 20.6 Å². The first kappa shape index (κ1) is 19.4. The number of primary amides is 1. The van der Waals surface area contributed by atoms with E-state index in [-0.39, 0.29) is 22.2 Å². The molecule has 0 unspecified atom stereocenters. The predicted octanol–water partition coefficient (Wildman–Crippen LogP) is -1.95. The van der Waals surface area contributed by atoms with Crippen LogP contribution in [0.15, 0.2) is 23.4 Å². The maximum Gasteiger partial charge on any atom is 0.352 e. The number of rotatable bonds is 7. The number of aliphatic carboxylic acids is 1. The van der Waals surface area contributed by atoms with Crippen molar-refractivity contribution in [3.8, 4) is 0 Å². The van der Waals surface area contributed by atoms with E-state index >= 15 is 0 Å². The number of nitrogens with zero attached hydrogens (tertiary/aromatic N) is 2. The fourth-order valence-electron chi connectivity index (χ4n) is 2.92. The van der Waals surface area contributed by atoms with Gasteiger partial charge in [0, 0.05) is 5.75 Å². The van der Waals surface area contributed by atoms with Crippen molar-refractivity contribution < 1.29 is 29.1 Å². The van der Waals surface area contributed by atoms with Gasteiger partial charge in [-0.15, -0.1) is 11.8 Å². The van der Waals surface area contributed by atoms with Crippen molar-refractivity contribution in [3.63, 3.8) is 0 Å². The van der Waals surface area contributed by atoms with Gasteiger partial charge in [-0.05, 0) is 11.6 Å². The van der Waals surface area contributed by atoms with Crippen LogP contribution in [-0.4, -0.2) is 87.8 Å². The number of carbonyl (C=O) groups excluding carboxylic acids is 2. The number of hydrogen-bond donors (Lipinski definition) is 4. The van der Waals surface area contributed by atoms with Gasteiger partial charge in [-0.3, -0.25) is 14.5 Å². The summed E-state index contributed by atoms with van der Waals surface area (Å²) in [5.74, 6) is -1.76. The first-order valence-corrected chi connectivity index (χ1v) is 8.72. The van der Waals surface area contributed by atoms with Gasteiger partial charge in [-0.1, -0.05) is 6.08 Å². The van der Waals surface area contributed by atoms with E-state index in [1.807, 2.05) is 0 Å². The van der Waals surface area contributed by atoms with Crippen LogP contribution in [0.25, 0.3) is 0 Å². The van der Waals surface area contributed by atoms with Crippen LogP contribution in [0.3, 0.4) is 0 Å². The fourth-order valence-corrected chi connectivity index (χ4v) is 4.18. The normalized spacial score (nSPS) is 25.0. The second-order valence-corrected chi connectivity index (χ2v) is 7.68. The molecule has 9 nitrogen and oxygen atoms in total. The molecule has 2 aliphatic rings. The van der Waals surface area contributed by atoms with Gasteiger partial charge >= 0.3 is 5.97 Å². The van der Waals surface area contributed by atoms with E-state index < -0.39 is 29.9 Å². The molecule has 1 saturated heterocycles. The third kappa shape index (κ3) is 3.56. The molecule has 2 amide bonds. The monoisotopic (exact) mass is 371 g/mol. The highest BCUT2D eigenvalue weighted by atomic mass is 32.2. The van der Waals surface area contributed by atoms with E-state index in [4.69, 9.17) is 11.5 Å². The number of carboxylic acids is 1. The second kappa shape index (κ2) is 7.16. The number of aliphatic hydroxyl groups is 1. The Kier molecular flexibility index (Phi) is 5.57. The number of thioether (sulfide) groups is 1. The lowest BCUT2D eigenvalue weighted by atomic mass is 10.0. The molecule has 0 aromatic heterocycles. The number of β-lactam (4-membered cyclic amide) rings is 1. The number of carboxylic acid groups (broad SMARTS) is 1. The molecule has 0 aromatic carbocycles. The van der Waals surface area contributed by atoms with Crippen LogP contribution in [0.4, 0.5) is 0 Å². The zero-order valence-corrected chi connectivity index (χ0v) is 14.9. The molecule has 0 bridgehead atoms. The van der Waals surface area contributed by atoms with Gasteiger partial charge < -0.3 is 26.2 Å². The smallest absolute Gasteiger partial charge is 0.352 e. The number of fused-ring (bicyclic) bond motifs is 1. The molecule has 6 N–H and O–H groups in total. The first-order valence-electron chi connectivity index (χ1n) is 7.68. The molecule has 10 heteroatoms. The van der Waals surface area contributed by atoms with Crippen molar-refractivity contribution in [3.05, 3.63) is 23.4 Å². The summed E-state index contributed by atoms with van der Waals surface area (Å²) in [5.41, 5.74) is 11.5. The van der Waals surface area contributed by atoms with Gasteiger partial charge in [0.2, 0.25) is 5.91 Å². The van der Waals surface area contributed by atoms with Crippen molar-refractivity contribution in [2.24, 2.45) is 11.5 Å². The van der Waals surface area contributed by atoms with Crippen molar-refractivity contribution in [1.29, 1.82) is 0 Å². The SMILES string of the molecule is C[N+](C)(C/C=C/C1=C(C(=O)O)N2C(=O)[C@@H](N)[C@@H]2SC1)[C@H](CO)C(N)=O. The Labute approximate surface area is 149 Å². The van der Waals surface area contributed by atoms with Gasteiger partial charge in [-0.2, -0.15) is 0 Å². The van der Waals surface area contributed by atoms with Crippen molar-refractivity contribution >= 4 is 29.5 Å². The third-order valence-electron chi connectivity index (χ3n) is 4.48. The van der Waals surface area contributed by atoms with Crippen molar-refractivity contribution in [2.45, 2.75) is 17.5 Å². The summed E-state index contributed by atoms with van der Waals surface area (Å²) in [4.78, 5) is 36.1. The minimum absolute atomic E-state index is 0.0504. The van der Waals surface area contributed by atoms with Gasteiger partial charge in [0.25, 0.3) is 5.91 Å². The van der Waals surface area contributed by atoms with E-state index in [0.29, 0.717) is 17.9 Å². The molecule has 2 rings (SSSR count). The molecule has 2 heterocycles. The fraction of sp³-hybridized carbons (Fsp3) is 0.533. The van der Waals surface area contributed by atoms with Gasteiger partial charge in [0.15, 0.2) is 6.04 Å². The lowest BCUT2D eigenvalue weighted by Gasteiger charge is -2.47. The molecule has 0 aromatic rings. The number of carbonyl (C=O) groups is 3. The second-order valence-electron chi connectivity index (χ2n) is 6.58. The minimum atomic E-state index is -1.18. The summed E-state index contributed by atoms with van der Waals surface area (Å²) in [5, 5.41) is 18.5. The quantitative estimate of drug-likeness (QED) is 0.300. The maximum atomic E-state index is 11.9. The summed E-state index contributed by atoms with van der Waals surface area (Å²) >= 11 is 1.42. The van der Waals surface area contributed by atoms with E-state index in [9.17, 15) is 24.6 Å². The number of allylic oxidation sites excluding steroid dienone is 1. The molecule has 0 saturated carbocycles. The van der Waals surface area contributed by atoms with Gasteiger partial charge in [0.1, 0.15) is 23.7 Å². The number of aliphatic hydroxyl groups excluding tert-OH is 1. The Hall–Kier alpha value is -1.88. The Morgan fingerprint density at radius 2 is 2.12 bits per heavy atom. The zero-order valence-electron chi connectivity index (χ0n) is 14.1. The molecule has 1 fully saturated rings. The number of nitrogens with two attached hydrogens (primary N) is 2. The van der Waals surface area contributed by atoms with Crippen LogP contribution in [0.5, 0.6) is 0 Å². The average molecular weight is 371 g/mol. The Balaban J connectivity index is 2.20. The van der Waals surface area contributed by atoms with Crippen LogP contribution in [-0.2, 0) is 14.4 Å². The topological polar surface area (TPSA) is 147 Å². The lowest BCUT2D eigenvalue weighted by Crippen LogP contribution is -2.68. The summed E-state index contributed by atoms with van der Waals surface area (Å²) in [6.45, 7) is -0.0247. The van der Waals surface area contributed by atoms with E-state index in [1.165, 1.54) is 16.7 Å². The largest absolute Gasteiger partial charge is 0.477 e. The highest BCUT2D eigenvalue weighted by Gasteiger charge is 2.51. The lowest BCUT2D eigenvalue weighted by molar-refractivity contribution is -0.900. The van der Waals surface area contributed by atoms with Crippen LogP contribution in [0.1, 0.15) is 0 Å². The zero-order chi connectivity index (χ0) is 18.9. The highest BCUT2D eigenvalue weighted by Crippen LogP contribution is 2.39. The number of amides is 2. The summed E-state index contributed by atoms with van der Waals surface area (Å²) in [6, 6.07) is -1.43. The molecule has 0 radical (unpaired) electrons. The van der Waals surface area contributed by atoms with Gasteiger partial charge in [-0.25, -0.2) is 4.79 Å². The standard InChI is InChI=1S/C15H22N4O5S/c1-19(2,9(6-20)12(17)21)5-3-4-8-7-25-14-10(16)13(22)18(14)11(8)15(23)24/h3-4,9-10,14,20H,5-7,16H2,1-2H3,(H2-,17,21,23,24)/p+1/b4-3+/t9-,10-,14+/m1/s1. The molecule has 25 heavy (non-hydrogen) atoms. The Bertz CT molecular complexity index is 660. The molecule has 138 valence electrons. The third-order valence-corrected chi connectivity index (χ3v) is 5.80. The van der Waals surface area contributed by atoms with E-state index in [0.717, 1.165) is 0 Å². The predicted molar refractivity (Wildman–Crippen MR) is 91.9 cm³/mol. The minimum Gasteiger partial charge on any atom is -0.477 e.